The Labute approximate surface area is 247 Å². The Morgan fingerprint density at radius 1 is 1.33 bits per heavy atom. The predicted octanol–water partition coefficient (Wildman–Crippen LogP) is 3.27. The van der Waals surface area contributed by atoms with Crippen LogP contribution >= 0.6 is 7.75 Å². The average molecular weight is 620 g/mol. The third-order valence-corrected chi connectivity index (χ3v) is 8.49. The van der Waals surface area contributed by atoms with Crippen molar-refractivity contribution < 1.29 is 37.4 Å². The summed E-state index contributed by atoms with van der Waals surface area (Å²) in [7, 11) is -4.32. The topological polar surface area (TPSA) is 185 Å². The second-order valence-corrected chi connectivity index (χ2v) is 12.4. The second kappa shape index (κ2) is 12.2. The average Bonchev–Trinajstić information content (AvgIpc) is 3.62. The van der Waals surface area contributed by atoms with Crippen molar-refractivity contribution in [2.45, 2.75) is 75.9 Å². The molecule has 2 aromatic heterocycles. The summed E-state index contributed by atoms with van der Waals surface area (Å²) in [6, 6.07) is 7.26. The number of aromatic nitrogens is 4. The van der Waals surface area contributed by atoms with Gasteiger partial charge in [0.2, 0.25) is 11.6 Å². The van der Waals surface area contributed by atoms with Crippen LogP contribution in [0.3, 0.4) is 0 Å². The van der Waals surface area contributed by atoms with E-state index >= 15 is 4.39 Å². The van der Waals surface area contributed by atoms with Crippen molar-refractivity contribution in [1.29, 1.82) is 0 Å². The number of benzene rings is 1. The number of aliphatic hydroxyl groups is 1. The number of fused-ring (bicyclic) bond motifs is 1. The van der Waals surface area contributed by atoms with Gasteiger partial charge in [-0.05, 0) is 51.8 Å². The van der Waals surface area contributed by atoms with Crippen molar-refractivity contribution in [2.24, 2.45) is 0 Å². The molecule has 1 saturated heterocycles. The van der Waals surface area contributed by atoms with E-state index in [1.165, 1.54) is 17.8 Å². The molecular formula is C27H35FN7O7P. The van der Waals surface area contributed by atoms with Gasteiger partial charge >= 0.3 is 13.7 Å². The normalized spacial score (nSPS) is 25.8. The van der Waals surface area contributed by atoms with Crippen LogP contribution in [-0.2, 0) is 23.4 Å². The number of esters is 1. The van der Waals surface area contributed by atoms with Crippen molar-refractivity contribution in [1.82, 2.24) is 24.6 Å². The van der Waals surface area contributed by atoms with Crippen molar-refractivity contribution in [3.8, 4) is 5.75 Å². The number of alkyl halides is 1. The van der Waals surface area contributed by atoms with Crippen LogP contribution in [0, 0.1) is 0 Å². The number of imidazole rings is 1. The van der Waals surface area contributed by atoms with Gasteiger partial charge in [-0.15, -0.1) is 0 Å². The Kier molecular flexibility index (Phi) is 8.72. The van der Waals surface area contributed by atoms with E-state index < -0.39 is 56.6 Å². The minimum Gasteiger partial charge on any atom is -0.462 e. The first-order valence-electron chi connectivity index (χ1n) is 13.8. The van der Waals surface area contributed by atoms with E-state index in [9.17, 15) is 14.5 Å². The summed E-state index contributed by atoms with van der Waals surface area (Å²) in [6.45, 7) is 7.75. The van der Waals surface area contributed by atoms with Crippen molar-refractivity contribution in [2.75, 3.05) is 17.7 Å². The molecule has 14 nitrogen and oxygen atoms in total. The van der Waals surface area contributed by atoms with E-state index in [0.717, 1.165) is 18.9 Å². The van der Waals surface area contributed by atoms with Gasteiger partial charge in [-0.2, -0.15) is 15.1 Å². The highest BCUT2D eigenvalue weighted by molar-refractivity contribution is 7.52. The summed E-state index contributed by atoms with van der Waals surface area (Å²) < 4.78 is 54.0. The molecule has 3 heterocycles. The van der Waals surface area contributed by atoms with E-state index in [2.05, 4.69) is 31.9 Å². The molecule has 0 amide bonds. The number of hydrogen-bond acceptors (Lipinski definition) is 12. The number of nitrogen functional groups attached to an aromatic ring is 1. The first-order valence-corrected chi connectivity index (χ1v) is 15.4. The minimum absolute atomic E-state index is 0.0610. The Morgan fingerprint density at radius 2 is 2.05 bits per heavy atom. The lowest BCUT2D eigenvalue weighted by atomic mass is 9.96. The zero-order valence-electron chi connectivity index (χ0n) is 23.9. The molecule has 0 spiro atoms. The standard InChI is InChI=1S/C27H35FN7O7P/c1-5-27(28)21(36)19(41-25(27)35-14-30-20-22(31-17-11-12-17)32-26(29)33-23(20)35)13-39-43(38,42-18-9-7-6-8-10-18)34-16(4)24(37)40-15(2)3/h5-10,14-17,19,21,25,36H,1,11-13H2,2-4H3,(H,34,38)(H3,29,31,32,33)/t16-,19+,21+,25+,27+,43+/m0/s1. The largest absolute Gasteiger partial charge is 0.462 e. The maximum Gasteiger partial charge on any atom is 0.459 e. The third-order valence-electron chi connectivity index (χ3n) is 6.84. The van der Waals surface area contributed by atoms with Gasteiger partial charge in [0.1, 0.15) is 24.0 Å². The number of rotatable bonds is 13. The maximum atomic E-state index is 16.4. The Balaban J connectivity index is 1.38. The van der Waals surface area contributed by atoms with Crippen molar-refractivity contribution in [3.05, 3.63) is 49.3 Å². The zero-order valence-corrected chi connectivity index (χ0v) is 24.8. The van der Waals surface area contributed by atoms with Gasteiger partial charge in [0.15, 0.2) is 23.2 Å². The molecule has 16 heteroatoms. The number of halogens is 1. The quantitative estimate of drug-likeness (QED) is 0.124. The lowest BCUT2D eigenvalue weighted by Gasteiger charge is -2.26. The van der Waals surface area contributed by atoms with Gasteiger partial charge < -0.3 is 30.2 Å². The summed E-state index contributed by atoms with van der Waals surface area (Å²) in [5.41, 5.74) is 3.91. The molecule has 1 aliphatic carbocycles. The van der Waals surface area contributed by atoms with E-state index in [0.29, 0.717) is 11.3 Å². The van der Waals surface area contributed by atoms with Gasteiger partial charge in [-0.3, -0.25) is 13.9 Å². The monoisotopic (exact) mass is 619 g/mol. The first-order chi connectivity index (χ1) is 20.4. The number of nitrogens with two attached hydrogens (primary N) is 1. The lowest BCUT2D eigenvalue weighted by molar-refractivity contribution is -0.149. The third kappa shape index (κ3) is 6.65. The molecule has 5 rings (SSSR count). The van der Waals surface area contributed by atoms with Gasteiger partial charge in [-0.25, -0.2) is 13.9 Å². The highest BCUT2D eigenvalue weighted by Crippen LogP contribution is 2.48. The summed E-state index contributed by atoms with van der Waals surface area (Å²) in [4.78, 5) is 25.2. The van der Waals surface area contributed by atoms with Gasteiger partial charge in [0, 0.05) is 6.04 Å². The van der Waals surface area contributed by atoms with Crippen LogP contribution in [0.4, 0.5) is 16.2 Å². The first kappa shape index (κ1) is 30.8. The number of carbonyl (C=O) groups is 1. The second-order valence-electron chi connectivity index (χ2n) is 10.7. The minimum atomic E-state index is -4.32. The molecule has 232 valence electrons. The lowest BCUT2D eigenvalue weighted by Crippen LogP contribution is -2.42. The summed E-state index contributed by atoms with van der Waals surface area (Å²) in [5, 5.41) is 16.8. The molecule has 2 aliphatic rings. The zero-order chi connectivity index (χ0) is 30.9. The van der Waals surface area contributed by atoms with Gasteiger partial charge in [0.05, 0.1) is 19.0 Å². The maximum absolute atomic E-state index is 16.4. The van der Waals surface area contributed by atoms with Crippen LogP contribution in [0.5, 0.6) is 5.75 Å². The number of carbonyl (C=O) groups excluding carboxylic acids is 1. The summed E-state index contributed by atoms with van der Waals surface area (Å²) in [6.07, 6.45) is -0.912. The molecule has 0 radical (unpaired) electrons. The smallest absolute Gasteiger partial charge is 0.459 e. The Morgan fingerprint density at radius 3 is 2.70 bits per heavy atom. The van der Waals surface area contributed by atoms with E-state index in [4.69, 9.17) is 24.3 Å². The molecule has 1 saturated carbocycles. The van der Waals surface area contributed by atoms with Crippen LogP contribution in [0.25, 0.3) is 11.2 Å². The molecular weight excluding hydrogens is 584 g/mol. The van der Waals surface area contributed by atoms with E-state index in [1.54, 1.807) is 44.2 Å². The molecule has 0 unspecified atom stereocenters. The summed E-state index contributed by atoms with van der Waals surface area (Å²) >= 11 is 0. The highest BCUT2D eigenvalue weighted by Gasteiger charge is 2.57. The predicted molar refractivity (Wildman–Crippen MR) is 155 cm³/mol. The number of hydrogen-bond donors (Lipinski definition) is 4. The number of nitrogens with one attached hydrogen (secondary N) is 2. The fraction of sp³-hybridized carbons (Fsp3) is 0.481. The molecule has 5 N–H and O–H groups in total. The van der Waals surface area contributed by atoms with Crippen LogP contribution < -0.4 is 20.7 Å². The highest BCUT2D eigenvalue weighted by atomic mass is 31.2. The fourth-order valence-electron chi connectivity index (χ4n) is 4.54. The molecule has 3 aromatic rings. The van der Waals surface area contributed by atoms with Gasteiger partial charge in [-0.1, -0.05) is 24.8 Å². The Bertz CT molecular complexity index is 1520. The van der Waals surface area contributed by atoms with E-state index in [-0.39, 0.29) is 23.4 Å². The van der Waals surface area contributed by atoms with Crippen LogP contribution in [0.15, 0.2) is 49.3 Å². The summed E-state index contributed by atoms with van der Waals surface area (Å²) in [5.74, 6) is -0.169. The van der Waals surface area contributed by atoms with Crippen LogP contribution in [0.2, 0.25) is 0 Å². The molecule has 6 atom stereocenters. The number of aliphatic hydroxyl groups excluding tert-OH is 1. The van der Waals surface area contributed by atoms with Gasteiger partial charge in [0.25, 0.3) is 0 Å². The number of anilines is 2. The molecule has 2 fully saturated rings. The number of ether oxygens (including phenoxy) is 2. The molecule has 43 heavy (non-hydrogen) atoms. The van der Waals surface area contributed by atoms with E-state index in [1.807, 2.05) is 0 Å². The molecule has 1 aliphatic heterocycles. The fourth-order valence-corrected chi connectivity index (χ4v) is 6.04. The van der Waals surface area contributed by atoms with Crippen LogP contribution in [0.1, 0.15) is 39.8 Å². The SMILES string of the molecule is C=C[C@@]1(F)[C@H](O)[C@@H](CO[P@](=O)(N[C@@H](C)C(=O)OC(C)C)Oc2ccccc2)O[C@H]1n1cnc2c(NC3CC3)nc(N)nc21. The number of nitrogens with zero attached hydrogens (tertiary/aromatic N) is 4. The number of para-hydroxylation sites is 1. The molecule has 1 aromatic carbocycles. The Hall–Kier alpha value is -3.62. The molecule has 0 bridgehead atoms. The van der Waals surface area contributed by atoms with Crippen LogP contribution in [-0.4, -0.2) is 73.3 Å². The van der Waals surface area contributed by atoms with Crippen molar-refractivity contribution in [3.63, 3.8) is 0 Å². The van der Waals surface area contributed by atoms with Crippen molar-refractivity contribution >= 4 is 36.6 Å².